The van der Waals surface area contributed by atoms with Crippen molar-refractivity contribution in [1.82, 2.24) is 5.32 Å². The van der Waals surface area contributed by atoms with Crippen molar-refractivity contribution in [3.05, 3.63) is 29.3 Å². The molecule has 0 bridgehead atoms. The van der Waals surface area contributed by atoms with E-state index in [0.717, 1.165) is 18.5 Å². The fourth-order valence-electron chi connectivity index (χ4n) is 3.58. The molecular weight excluding hydrogens is 256 g/mol. The summed E-state index contributed by atoms with van der Waals surface area (Å²) in [6.45, 7) is 8.04. The van der Waals surface area contributed by atoms with Crippen molar-refractivity contribution in [3.63, 3.8) is 0 Å². The van der Waals surface area contributed by atoms with Gasteiger partial charge in [0.15, 0.2) is 0 Å². The molecule has 2 heteroatoms. The van der Waals surface area contributed by atoms with Gasteiger partial charge in [-0.25, -0.2) is 0 Å². The third-order valence-electron chi connectivity index (χ3n) is 5.05. The molecule has 1 aliphatic carbocycles. The van der Waals surface area contributed by atoms with Gasteiger partial charge in [-0.05, 0) is 50.2 Å². The van der Waals surface area contributed by atoms with Gasteiger partial charge in [0.25, 0.3) is 0 Å². The van der Waals surface area contributed by atoms with Crippen LogP contribution in [0.2, 0.25) is 0 Å². The van der Waals surface area contributed by atoms with Crippen molar-refractivity contribution in [2.75, 3.05) is 18.0 Å². The average molecular weight is 286 g/mol. The normalized spacial score (nSPS) is 20.0. The van der Waals surface area contributed by atoms with E-state index >= 15 is 0 Å². The number of anilines is 1. The summed E-state index contributed by atoms with van der Waals surface area (Å²) >= 11 is 0. The lowest BCUT2D eigenvalue weighted by atomic mass is 9.92. The standard InChI is InChI=1S/C19H30N2/c1-3-4-16-9-11-21(12-10-16)19-8-5-15(2)13-17(19)14-20-18-6-7-18/h5,8,13,16,18,20H,3-4,6-7,9-12,14H2,1-2H3. The number of hydrogen-bond donors (Lipinski definition) is 1. The Balaban J connectivity index is 1.66. The van der Waals surface area contributed by atoms with Gasteiger partial charge < -0.3 is 10.2 Å². The second-order valence-corrected chi connectivity index (χ2v) is 7.01. The minimum Gasteiger partial charge on any atom is -0.371 e. The quantitative estimate of drug-likeness (QED) is 0.840. The van der Waals surface area contributed by atoms with E-state index in [1.54, 1.807) is 0 Å². The molecule has 116 valence electrons. The number of rotatable bonds is 6. The molecule has 0 radical (unpaired) electrons. The van der Waals surface area contributed by atoms with Gasteiger partial charge in [0.05, 0.1) is 0 Å². The van der Waals surface area contributed by atoms with Crippen LogP contribution in [0, 0.1) is 12.8 Å². The lowest BCUT2D eigenvalue weighted by Gasteiger charge is -2.35. The van der Waals surface area contributed by atoms with Gasteiger partial charge in [-0.15, -0.1) is 0 Å². The number of nitrogens with zero attached hydrogens (tertiary/aromatic N) is 1. The predicted molar refractivity (Wildman–Crippen MR) is 90.9 cm³/mol. The Hall–Kier alpha value is -1.02. The molecule has 1 aliphatic heterocycles. The molecule has 1 aromatic rings. The van der Waals surface area contributed by atoms with E-state index in [1.807, 2.05) is 0 Å². The molecule has 1 saturated carbocycles. The van der Waals surface area contributed by atoms with Gasteiger partial charge in [-0.2, -0.15) is 0 Å². The fourth-order valence-corrected chi connectivity index (χ4v) is 3.58. The Bertz CT molecular complexity index is 457. The van der Waals surface area contributed by atoms with Crippen LogP contribution in [-0.2, 0) is 6.54 Å². The molecule has 0 spiro atoms. The first-order valence-corrected chi connectivity index (χ1v) is 8.84. The molecule has 3 rings (SSSR count). The van der Waals surface area contributed by atoms with E-state index in [1.165, 1.54) is 68.4 Å². The monoisotopic (exact) mass is 286 g/mol. The Kier molecular flexibility index (Phi) is 4.84. The van der Waals surface area contributed by atoms with Crippen molar-refractivity contribution < 1.29 is 0 Å². The molecule has 1 aromatic carbocycles. The number of piperidine rings is 1. The molecule has 21 heavy (non-hydrogen) atoms. The zero-order chi connectivity index (χ0) is 14.7. The Morgan fingerprint density at radius 2 is 1.90 bits per heavy atom. The topological polar surface area (TPSA) is 15.3 Å². The van der Waals surface area contributed by atoms with Gasteiger partial charge in [0.1, 0.15) is 0 Å². The molecular formula is C19H30N2. The molecule has 0 aromatic heterocycles. The van der Waals surface area contributed by atoms with Crippen LogP contribution >= 0.6 is 0 Å². The smallest absolute Gasteiger partial charge is 0.0412 e. The number of hydrogen-bond acceptors (Lipinski definition) is 2. The third-order valence-corrected chi connectivity index (χ3v) is 5.05. The van der Waals surface area contributed by atoms with Crippen molar-refractivity contribution in [2.24, 2.45) is 5.92 Å². The third kappa shape index (κ3) is 4.00. The van der Waals surface area contributed by atoms with E-state index < -0.39 is 0 Å². The van der Waals surface area contributed by atoms with E-state index in [4.69, 9.17) is 0 Å². The van der Waals surface area contributed by atoms with E-state index in [9.17, 15) is 0 Å². The van der Waals surface area contributed by atoms with Crippen molar-refractivity contribution in [2.45, 2.75) is 65.0 Å². The Labute approximate surface area is 129 Å². The highest BCUT2D eigenvalue weighted by Gasteiger charge is 2.23. The summed E-state index contributed by atoms with van der Waals surface area (Å²) in [6, 6.07) is 7.78. The van der Waals surface area contributed by atoms with Crippen LogP contribution in [0.15, 0.2) is 18.2 Å². The van der Waals surface area contributed by atoms with Crippen LogP contribution in [-0.4, -0.2) is 19.1 Å². The number of nitrogens with one attached hydrogen (secondary N) is 1. The minimum atomic E-state index is 0.786. The van der Waals surface area contributed by atoms with Crippen LogP contribution in [0.5, 0.6) is 0 Å². The summed E-state index contributed by atoms with van der Waals surface area (Å²) in [5.74, 6) is 0.963. The van der Waals surface area contributed by atoms with Gasteiger partial charge in [-0.1, -0.05) is 37.5 Å². The highest BCUT2D eigenvalue weighted by molar-refractivity contribution is 5.55. The molecule has 0 unspecified atom stereocenters. The SMILES string of the molecule is CCCC1CCN(c2ccc(C)cc2CNC2CC2)CC1. The molecule has 2 aliphatic rings. The van der Waals surface area contributed by atoms with E-state index in [2.05, 4.69) is 42.3 Å². The zero-order valence-electron chi connectivity index (χ0n) is 13.7. The molecule has 1 heterocycles. The zero-order valence-corrected chi connectivity index (χ0v) is 13.7. The highest BCUT2D eigenvalue weighted by atomic mass is 15.1. The second-order valence-electron chi connectivity index (χ2n) is 7.01. The molecule has 0 amide bonds. The molecule has 2 fully saturated rings. The summed E-state index contributed by atoms with van der Waals surface area (Å²) in [4.78, 5) is 2.62. The number of aryl methyl sites for hydroxylation is 1. The van der Waals surface area contributed by atoms with Gasteiger partial charge >= 0.3 is 0 Å². The molecule has 0 atom stereocenters. The Morgan fingerprint density at radius 3 is 2.57 bits per heavy atom. The van der Waals surface area contributed by atoms with E-state index in [-0.39, 0.29) is 0 Å². The minimum absolute atomic E-state index is 0.786. The lowest BCUT2D eigenvalue weighted by Crippen LogP contribution is -2.34. The van der Waals surface area contributed by atoms with Crippen LogP contribution in [0.1, 0.15) is 56.6 Å². The summed E-state index contributed by atoms with van der Waals surface area (Å²) in [6.07, 6.45) is 8.23. The molecule has 2 nitrogen and oxygen atoms in total. The van der Waals surface area contributed by atoms with Crippen LogP contribution in [0.25, 0.3) is 0 Å². The van der Waals surface area contributed by atoms with Gasteiger partial charge in [0.2, 0.25) is 0 Å². The summed E-state index contributed by atoms with van der Waals surface area (Å²) in [5, 5.41) is 3.68. The molecule has 1 N–H and O–H groups in total. The van der Waals surface area contributed by atoms with Crippen LogP contribution < -0.4 is 10.2 Å². The summed E-state index contributed by atoms with van der Waals surface area (Å²) < 4.78 is 0. The maximum atomic E-state index is 3.68. The maximum absolute atomic E-state index is 3.68. The van der Waals surface area contributed by atoms with E-state index in [0.29, 0.717) is 0 Å². The van der Waals surface area contributed by atoms with Crippen molar-refractivity contribution in [1.29, 1.82) is 0 Å². The van der Waals surface area contributed by atoms with Crippen LogP contribution in [0.3, 0.4) is 0 Å². The summed E-state index contributed by atoms with van der Waals surface area (Å²) in [7, 11) is 0. The fraction of sp³-hybridized carbons (Fsp3) is 0.684. The van der Waals surface area contributed by atoms with Gasteiger partial charge in [-0.3, -0.25) is 0 Å². The molecule has 1 saturated heterocycles. The van der Waals surface area contributed by atoms with Crippen molar-refractivity contribution in [3.8, 4) is 0 Å². The maximum Gasteiger partial charge on any atom is 0.0412 e. The van der Waals surface area contributed by atoms with Gasteiger partial charge in [0, 0.05) is 31.4 Å². The largest absolute Gasteiger partial charge is 0.371 e. The predicted octanol–water partition coefficient (Wildman–Crippen LogP) is 4.26. The Morgan fingerprint density at radius 1 is 1.14 bits per heavy atom. The first kappa shape index (κ1) is 14.9. The highest BCUT2D eigenvalue weighted by Crippen LogP contribution is 2.29. The first-order chi connectivity index (χ1) is 10.3. The second kappa shape index (κ2) is 6.83. The number of benzene rings is 1. The average Bonchev–Trinajstić information content (AvgIpc) is 3.31. The lowest BCUT2D eigenvalue weighted by molar-refractivity contribution is 0.378. The summed E-state index contributed by atoms with van der Waals surface area (Å²) in [5.41, 5.74) is 4.35. The van der Waals surface area contributed by atoms with Crippen LogP contribution in [0.4, 0.5) is 5.69 Å². The van der Waals surface area contributed by atoms with Crippen molar-refractivity contribution >= 4 is 5.69 Å². The first-order valence-electron chi connectivity index (χ1n) is 8.84.